The molecule has 1 aliphatic heterocycles. The van der Waals surface area contributed by atoms with Crippen LogP contribution >= 0.6 is 0 Å². The molecule has 2 heterocycles. The summed E-state index contributed by atoms with van der Waals surface area (Å²) in [4.78, 5) is 42.8. The zero-order chi connectivity index (χ0) is 22.2. The van der Waals surface area contributed by atoms with Gasteiger partial charge in [0, 0.05) is 42.8 Å². The van der Waals surface area contributed by atoms with Crippen LogP contribution in [0.3, 0.4) is 0 Å². The van der Waals surface area contributed by atoms with Crippen molar-refractivity contribution in [3.63, 3.8) is 0 Å². The number of likely N-dealkylation sites (tertiary alicyclic amines) is 1. The Hall–Kier alpha value is -3.48. The molecule has 7 nitrogen and oxygen atoms in total. The smallest absolute Gasteiger partial charge is 0.251 e. The summed E-state index contributed by atoms with van der Waals surface area (Å²) >= 11 is 0. The third-order valence-electron chi connectivity index (χ3n) is 5.38. The predicted octanol–water partition coefficient (Wildman–Crippen LogP) is 3.11. The second kappa shape index (κ2) is 10.5. The fourth-order valence-corrected chi connectivity index (χ4v) is 3.28. The number of anilines is 1. The molecule has 1 unspecified atom stereocenters. The van der Waals surface area contributed by atoms with Crippen molar-refractivity contribution in [3.05, 3.63) is 66.0 Å². The van der Waals surface area contributed by atoms with E-state index in [0.29, 0.717) is 17.2 Å². The first-order valence-corrected chi connectivity index (χ1v) is 10.5. The molecule has 1 atom stereocenters. The van der Waals surface area contributed by atoms with Crippen LogP contribution in [-0.2, 0) is 9.59 Å². The van der Waals surface area contributed by atoms with Crippen molar-refractivity contribution in [1.82, 2.24) is 15.2 Å². The number of nitrogens with one attached hydrogen (secondary N) is 2. The van der Waals surface area contributed by atoms with Crippen molar-refractivity contribution in [1.29, 1.82) is 0 Å². The lowest BCUT2D eigenvalue weighted by atomic mass is 9.99. The van der Waals surface area contributed by atoms with Crippen LogP contribution in [-0.4, -0.2) is 46.7 Å². The molecule has 1 aromatic heterocycles. The van der Waals surface area contributed by atoms with E-state index in [9.17, 15) is 14.4 Å². The van der Waals surface area contributed by atoms with Crippen molar-refractivity contribution in [3.8, 4) is 0 Å². The van der Waals surface area contributed by atoms with E-state index in [4.69, 9.17) is 0 Å². The maximum absolute atomic E-state index is 12.4. The maximum Gasteiger partial charge on any atom is 0.251 e. The Morgan fingerprint density at radius 3 is 2.35 bits per heavy atom. The predicted molar refractivity (Wildman–Crippen MR) is 120 cm³/mol. The van der Waals surface area contributed by atoms with Crippen LogP contribution in [0.2, 0.25) is 0 Å². The van der Waals surface area contributed by atoms with Gasteiger partial charge in [0.1, 0.15) is 6.04 Å². The van der Waals surface area contributed by atoms with Crippen LogP contribution in [0.4, 0.5) is 5.69 Å². The molecule has 1 fully saturated rings. The lowest BCUT2D eigenvalue weighted by molar-refractivity contribution is -0.127. The molecule has 162 valence electrons. The Labute approximate surface area is 182 Å². The number of rotatable bonds is 6. The zero-order valence-corrected chi connectivity index (χ0v) is 17.9. The van der Waals surface area contributed by atoms with Crippen LogP contribution in [0.25, 0.3) is 6.08 Å². The molecule has 2 aromatic rings. The van der Waals surface area contributed by atoms with Gasteiger partial charge in [-0.2, -0.15) is 0 Å². The number of aromatic nitrogens is 1. The van der Waals surface area contributed by atoms with Gasteiger partial charge in [-0.1, -0.05) is 19.1 Å². The lowest BCUT2D eigenvalue weighted by Gasteiger charge is -2.29. The molecule has 1 saturated heterocycles. The molecule has 1 aliphatic rings. The van der Waals surface area contributed by atoms with E-state index >= 15 is 0 Å². The monoisotopic (exact) mass is 420 g/mol. The molecule has 3 amide bonds. The summed E-state index contributed by atoms with van der Waals surface area (Å²) in [6, 6.07) is 9.55. The number of hydrogen-bond donors (Lipinski definition) is 2. The number of pyridine rings is 1. The second-order valence-corrected chi connectivity index (χ2v) is 7.88. The molecule has 3 rings (SSSR count). The highest BCUT2D eigenvalue weighted by atomic mass is 16.2. The molecule has 7 heteroatoms. The average Bonchev–Trinajstić information content (AvgIpc) is 2.79. The standard InChI is InChI=1S/C24H28N4O3/c1-17-11-15-28(16-12-17)22(29)8-5-19-3-6-20(7-4-19)24(31)26-18(2)23(30)27-21-9-13-25-14-10-21/h3-10,13-14,17-18H,11-12,15-16H2,1-2H3,(H,26,31)(H,25,27,30)/b8-5+. The summed E-state index contributed by atoms with van der Waals surface area (Å²) in [5, 5.41) is 5.41. The highest BCUT2D eigenvalue weighted by Crippen LogP contribution is 2.16. The Morgan fingerprint density at radius 2 is 1.71 bits per heavy atom. The van der Waals surface area contributed by atoms with Crippen molar-refractivity contribution >= 4 is 29.5 Å². The molecular formula is C24H28N4O3. The lowest BCUT2D eigenvalue weighted by Crippen LogP contribution is -2.41. The van der Waals surface area contributed by atoms with Gasteiger partial charge >= 0.3 is 0 Å². The number of nitrogens with zero attached hydrogens (tertiary/aromatic N) is 2. The van der Waals surface area contributed by atoms with Crippen molar-refractivity contribution in [2.24, 2.45) is 5.92 Å². The summed E-state index contributed by atoms with van der Waals surface area (Å²) in [6.07, 6.45) is 8.58. The molecule has 0 spiro atoms. The van der Waals surface area contributed by atoms with Crippen LogP contribution in [0.15, 0.2) is 54.9 Å². The molecule has 1 aromatic carbocycles. The van der Waals surface area contributed by atoms with E-state index in [0.717, 1.165) is 31.5 Å². The van der Waals surface area contributed by atoms with Gasteiger partial charge in [-0.05, 0) is 61.6 Å². The minimum absolute atomic E-state index is 0.0164. The van der Waals surface area contributed by atoms with Gasteiger partial charge in [0.25, 0.3) is 5.91 Å². The van der Waals surface area contributed by atoms with E-state index in [-0.39, 0.29) is 17.7 Å². The van der Waals surface area contributed by atoms with Gasteiger partial charge in [0.05, 0.1) is 0 Å². The molecule has 0 radical (unpaired) electrons. The second-order valence-electron chi connectivity index (χ2n) is 7.88. The maximum atomic E-state index is 12.4. The normalized spacial score (nSPS) is 15.5. The van der Waals surface area contributed by atoms with Crippen LogP contribution in [0.1, 0.15) is 42.6 Å². The Morgan fingerprint density at radius 1 is 1.06 bits per heavy atom. The minimum atomic E-state index is -0.704. The summed E-state index contributed by atoms with van der Waals surface area (Å²) < 4.78 is 0. The van der Waals surface area contributed by atoms with Crippen LogP contribution in [0, 0.1) is 5.92 Å². The first kappa shape index (κ1) is 22.2. The Bertz CT molecular complexity index is 933. The highest BCUT2D eigenvalue weighted by molar-refractivity contribution is 6.01. The van der Waals surface area contributed by atoms with Crippen molar-refractivity contribution in [2.75, 3.05) is 18.4 Å². The third-order valence-corrected chi connectivity index (χ3v) is 5.38. The molecule has 2 N–H and O–H groups in total. The molecular weight excluding hydrogens is 392 g/mol. The first-order chi connectivity index (χ1) is 14.9. The van der Waals surface area contributed by atoms with Gasteiger partial charge in [-0.25, -0.2) is 0 Å². The number of amides is 3. The van der Waals surface area contributed by atoms with Gasteiger partial charge in [-0.3, -0.25) is 19.4 Å². The summed E-state index contributed by atoms with van der Waals surface area (Å²) in [6.45, 7) is 5.44. The van der Waals surface area contributed by atoms with E-state index in [1.54, 1.807) is 67.9 Å². The fourth-order valence-electron chi connectivity index (χ4n) is 3.28. The van der Waals surface area contributed by atoms with E-state index in [1.807, 2.05) is 4.90 Å². The van der Waals surface area contributed by atoms with E-state index < -0.39 is 6.04 Å². The Balaban J connectivity index is 1.51. The molecule has 31 heavy (non-hydrogen) atoms. The van der Waals surface area contributed by atoms with Gasteiger partial charge in [0.2, 0.25) is 11.8 Å². The SMILES string of the molecule is CC1CCN(C(=O)/C=C/c2ccc(C(=O)NC(C)C(=O)Nc3ccncc3)cc2)CC1. The summed E-state index contributed by atoms with van der Waals surface area (Å²) in [5.74, 6) is 0.0371. The van der Waals surface area contributed by atoms with E-state index in [2.05, 4.69) is 22.5 Å². The Kier molecular flexibility index (Phi) is 7.54. The number of benzene rings is 1. The summed E-state index contributed by atoms with van der Waals surface area (Å²) in [7, 11) is 0. The van der Waals surface area contributed by atoms with Crippen molar-refractivity contribution < 1.29 is 14.4 Å². The van der Waals surface area contributed by atoms with Gasteiger partial charge < -0.3 is 15.5 Å². The minimum Gasteiger partial charge on any atom is -0.341 e. The fraction of sp³-hybridized carbons (Fsp3) is 0.333. The number of carbonyl (C=O) groups is 3. The number of hydrogen-bond acceptors (Lipinski definition) is 4. The van der Waals surface area contributed by atoms with Gasteiger partial charge in [0.15, 0.2) is 0 Å². The van der Waals surface area contributed by atoms with Crippen LogP contribution in [0.5, 0.6) is 0 Å². The van der Waals surface area contributed by atoms with Crippen LogP contribution < -0.4 is 10.6 Å². The quantitative estimate of drug-likeness (QED) is 0.703. The van der Waals surface area contributed by atoms with Gasteiger partial charge in [-0.15, -0.1) is 0 Å². The third kappa shape index (κ3) is 6.50. The van der Waals surface area contributed by atoms with Crippen molar-refractivity contribution in [2.45, 2.75) is 32.7 Å². The van der Waals surface area contributed by atoms with E-state index in [1.165, 1.54) is 0 Å². The highest BCUT2D eigenvalue weighted by Gasteiger charge is 2.19. The average molecular weight is 421 g/mol. The first-order valence-electron chi connectivity index (χ1n) is 10.5. The number of piperidine rings is 1. The number of carbonyl (C=O) groups excluding carboxylic acids is 3. The zero-order valence-electron chi connectivity index (χ0n) is 17.9. The summed E-state index contributed by atoms with van der Waals surface area (Å²) in [5.41, 5.74) is 1.89. The molecule has 0 saturated carbocycles. The molecule has 0 aliphatic carbocycles. The topological polar surface area (TPSA) is 91.4 Å². The molecule has 0 bridgehead atoms. The largest absolute Gasteiger partial charge is 0.341 e.